The van der Waals surface area contributed by atoms with Crippen molar-refractivity contribution in [3.63, 3.8) is 0 Å². The zero-order valence-corrected chi connectivity index (χ0v) is 8.78. The summed E-state index contributed by atoms with van der Waals surface area (Å²) in [7, 11) is 0. The topological polar surface area (TPSA) is 21.3 Å². The third kappa shape index (κ3) is 2.10. The Labute approximate surface area is 86.7 Å². The molecule has 1 unspecified atom stereocenters. The Morgan fingerprint density at radius 3 is 3.31 bits per heavy atom. The molecule has 1 aromatic rings. The van der Waals surface area contributed by atoms with Gasteiger partial charge in [0.05, 0.1) is 4.90 Å². The van der Waals surface area contributed by atoms with E-state index in [2.05, 4.69) is 4.72 Å². The summed E-state index contributed by atoms with van der Waals surface area (Å²) < 4.78 is 8.88. The Hall–Kier alpha value is -0.380. The fourth-order valence-corrected chi connectivity index (χ4v) is 2.27. The SMILES string of the molecule is CC1CNSc2cc(Cl)ccc2O1. The van der Waals surface area contributed by atoms with Gasteiger partial charge in [-0.2, -0.15) is 0 Å². The van der Waals surface area contributed by atoms with Crippen LogP contribution in [0.2, 0.25) is 5.02 Å². The molecule has 1 atom stereocenters. The fourth-order valence-electron chi connectivity index (χ4n) is 1.15. The molecule has 1 aliphatic heterocycles. The van der Waals surface area contributed by atoms with E-state index in [0.29, 0.717) is 0 Å². The fraction of sp³-hybridized carbons (Fsp3) is 0.333. The van der Waals surface area contributed by atoms with Crippen molar-refractivity contribution in [2.75, 3.05) is 6.54 Å². The molecule has 4 heteroatoms. The summed E-state index contributed by atoms with van der Waals surface area (Å²) in [6.45, 7) is 2.88. The van der Waals surface area contributed by atoms with Crippen LogP contribution in [0.4, 0.5) is 0 Å². The minimum atomic E-state index is 0.204. The van der Waals surface area contributed by atoms with Crippen LogP contribution in [0.3, 0.4) is 0 Å². The molecule has 0 aromatic heterocycles. The number of rotatable bonds is 0. The van der Waals surface area contributed by atoms with Gasteiger partial charge < -0.3 is 4.74 Å². The van der Waals surface area contributed by atoms with Gasteiger partial charge in [-0.3, -0.25) is 4.72 Å². The summed E-state index contributed by atoms with van der Waals surface area (Å²) in [6, 6.07) is 5.67. The van der Waals surface area contributed by atoms with Crippen LogP contribution in [0.1, 0.15) is 6.92 Å². The first-order chi connectivity index (χ1) is 6.25. The molecule has 0 radical (unpaired) electrons. The molecule has 0 bridgehead atoms. The van der Waals surface area contributed by atoms with Crippen LogP contribution in [-0.4, -0.2) is 12.6 Å². The van der Waals surface area contributed by atoms with Gasteiger partial charge in [-0.25, -0.2) is 0 Å². The van der Waals surface area contributed by atoms with Gasteiger partial charge in [0.15, 0.2) is 0 Å². The molecule has 1 aromatic carbocycles. The minimum Gasteiger partial charge on any atom is -0.488 e. The number of ether oxygens (including phenoxy) is 1. The third-order valence-corrected chi connectivity index (χ3v) is 2.87. The van der Waals surface area contributed by atoms with Gasteiger partial charge in [-0.15, -0.1) is 0 Å². The van der Waals surface area contributed by atoms with E-state index >= 15 is 0 Å². The van der Waals surface area contributed by atoms with Gasteiger partial charge in [0.2, 0.25) is 0 Å². The second kappa shape index (κ2) is 3.78. The normalized spacial score (nSPS) is 21.5. The van der Waals surface area contributed by atoms with Crippen molar-refractivity contribution in [2.45, 2.75) is 17.9 Å². The molecule has 0 amide bonds. The first-order valence-electron chi connectivity index (χ1n) is 4.11. The van der Waals surface area contributed by atoms with E-state index in [1.807, 2.05) is 25.1 Å². The van der Waals surface area contributed by atoms with Crippen molar-refractivity contribution in [1.82, 2.24) is 4.72 Å². The lowest BCUT2D eigenvalue weighted by Crippen LogP contribution is -2.22. The molecule has 1 aliphatic rings. The summed E-state index contributed by atoms with van der Waals surface area (Å²) in [5, 5.41) is 0.742. The van der Waals surface area contributed by atoms with Gasteiger partial charge in [0.25, 0.3) is 0 Å². The lowest BCUT2D eigenvalue weighted by Gasteiger charge is -2.10. The van der Waals surface area contributed by atoms with E-state index in [1.165, 1.54) is 0 Å². The highest BCUT2D eigenvalue weighted by molar-refractivity contribution is 7.97. The molecular weight excluding hydrogens is 206 g/mol. The highest BCUT2D eigenvalue weighted by Crippen LogP contribution is 2.32. The monoisotopic (exact) mass is 215 g/mol. The number of hydrogen-bond donors (Lipinski definition) is 1. The number of hydrogen-bond acceptors (Lipinski definition) is 3. The summed E-state index contributed by atoms with van der Waals surface area (Å²) in [5.74, 6) is 0.909. The molecule has 13 heavy (non-hydrogen) atoms. The van der Waals surface area contributed by atoms with Crippen LogP contribution in [0, 0.1) is 0 Å². The summed E-state index contributed by atoms with van der Waals surface area (Å²) >= 11 is 7.44. The molecule has 1 heterocycles. The maximum atomic E-state index is 5.87. The molecule has 0 saturated heterocycles. The Morgan fingerprint density at radius 2 is 2.46 bits per heavy atom. The standard InChI is InChI=1S/C9H10ClNOS/c1-6-5-11-13-9-4-7(10)2-3-8(9)12-6/h2-4,6,11H,5H2,1H3. The van der Waals surface area contributed by atoms with Crippen LogP contribution in [0.25, 0.3) is 0 Å². The molecule has 0 saturated carbocycles. The molecule has 1 N–H and O–H groups in total. The highest BCUT2D eigenvalue weighted by Gasteiger charge is 2.13. The van der Waals surface area contributed by atoms with Crippen LogP contribution in [0.15, 0.2) is 23.1 Å². The van der Waals surface area contributed by atoms with Crippen molar-refractivity contribution >= 4 is 23.5 Å². The van der Waals surface area contributed by atoms with Gasteiger partial charge in [-0.05, 0) is 37.1 Å². The van der Waals surface area contributed by atoms with E-state index in [4.69, 9.17) is 16.3 Å². The lowest BCUT2D eigenvalue weighted by molar-refractivity contribution is 0.224. The second-order valence-electron chi connectivity index (χ2n) is 2.97. The predicted molar refractivity (Wildman–Crippen MR) is 55.4 cm³/mol. The highest BCUT2D eigenvalue weighted by atomic mass is 35.5. The van der Waals surface area contributed by atoms with Crippen LogP contribution >= 0.6 is 23.5 Å². The van der Waals surface area contributed by atoms with E-state index in [9.17, 15) is 0 Å². The van der Waals surface area contributed by atoms with Crippen molar-refractivity contribution in [1.29, 1.82) is 0 Å². The Balaban J connectivity index is 2.34. The number of fused-ring (bicyclic) bond motifs is 1. The zero-order valence-electron chi connectivity index (χ0n) is 7.21. The van der Waals surface area contributed by atoms with Crippen LogP contribution < -0.4 is 9.46 Å². The van der Waals surface area contributed by atoms with Crippen molar-refractivity contribution < 1.29 is 4.74 Å². The minimum absolute atomic E-state index is 0.204. The van der Waals surface area contributed by atoms with E-state index < -0.39 is 0 Å². The molecule has 2 nitrogen and oxygen atoms in total. The maximum Gasteiger partial charge on any atom is 0.134 e. The quantitative estimate of drug-likeness (QED) is 0.673. The first kappa shape index (κ1) is 9.19. The lowest BCUT2D eigenvalue weighted by atomic mass is 10.3. The number of halogens is 1. The first-order valence-corrected chi connectivity index (χ1v) is 5.31. The Bertz CT molecular complexity index is 318. The van der Waals surface area contributed by atoms with E-state index in [1.54, 1.807) is 11.9 Å². The summed E-state index contributed by atoms with van der Waals surface area (Å²) in [4.78, 5) is 1.05. The third-order valence-electron chi connectivity index (χ3n) is 1.79. The molecule has 2 rings (SSSR count). The van der Waals surface area contributed by atoms with Gasteiger partial charge in [0.1, 0.15) is 11.9 Å². The predicted octanol–water partition coefficient (Wildman–Crippen LogP) is 2.72. The molecule has 0 spiro atoms. The van der Waals surface area contributed by atoms with Crippen molar-refractivity contribution in [3.05, 3.63) is 23.2 Å². The average Bonchev–Trinajstić information content (AvgIpc) is 2.25. The smallest absolute Gasteiger partial charge is 0.134 e. The van der Waals surface area contributed by atoms with E-state index in [-0.39, 0.29) is 6.10 Å². The summed E-state index contributed by atoms with van der Waals surface area (Å²) in [6.07, 6.45) is 0.204. The second-order valence-corrected chi connectivity index (χ2v) is 4.34. The van der Waals surface area contributed by atoms with Gasteiger partial charge in [0, 0.05) is 11.6 Å². The van der Waals surface area contributed by atoms with Crippen LogP contribution in [-0.2, 0) is 0 Å². The average molecular weight is 216 g/mol. The van der Waals surface area contributed by atoms with E-state index in [0.717, 1.165) is 22.2 Å². The Kier molecular flexibility index (Phi) is 2.67. The number of nitrogens with one attached hydrogen (secondary N) is 1. The molecular formula is C9H10ClNOS. The van der Waals surface area contributed by atoms with Crippen molar-refractivity contribution in [3.8, 4) is 5.75 Å². The molecule has 0 aliphatic carbocycles. The van der Waals surface area contributed by atoms with Crippen molar-refractivity contribution in [2.24, 2.45) is 0 Å². The molecule has 70 valence electrons. The molecule has 0 fully saturated rings. The van der Waals surface area contributed by atoms with Gasteiger partial charge >= 0.3 is 0 Å². The van der Waals surface area contributed by atoms with Crippen LogP contribution in [0.5, 0.6) is 5.75 Å². The Morgan fingerprint density at radius 1 is 1.62 bits per heavy atom. The van der Waals surface area contributed by atoms with Gasteiger partial charge in [-0.1, -0.05) is 11.6 Å². The number of benzene rings is 1. The maximum absolute atomic E-state index is 5.87. The largest absolute Gasteiger partial charge is 0.488 e. The summed E-state index contributed by atoms with van der Waals surface area (Å²) in [5.41, 5.74) is 0. The zero-order chi connectivity index (χ0) is 9.26.